The highest BCUT2D eigenvalue weighted by Crippen LogP contribution is 2.17. The first kappa shape index (κ1) is 52.4. The zero-order chi connectivity index (χ0) is 39.9. The molecule has 0 fully saturated rings. The van der Waals surface area contributed by atoms with Crippen LogP contribution in [-0.4, -0.2) is 37.2 Å². The fraction of sp³-hybridized carbons (Fsp3) is 0.938. The molecule has 0 aromatic heterocycles. The molecule has 6 heteroatoms. The van der Waals surface area contributed by atoms with Crippen molar-refractivity contribution in [3.05, 3.63) is 0 Å². The van der Waals surface area contributed by atoms with Crippen LogP contribution in [0.4, 0.5) is 0 Å². The number of unbranched alkanes of at least 4 members (excludes halogenated alkanes) is 23. The maximum atomic E-state index is 12.7. The van der Waals surface area contributed by atoms with E-state index in [1.165, 1.54) is 135 Å². The van der Waals surface area contributed by atoms with Crippen molar-refractivity contribution < 1.29 is 28.6 Å². The zero-order valence-corrected chi connectivity index (χ0v) is 37.0. The molecule has 0 spiro atoms. The average Bonchev–Trinajstić information content (AvgIpc) is 3.14. The topological polar surface area (TPSA) is 78.9 Å². The van der Waals surface area contributed by atoms with E-state index in [1.807, 2.05) is 0 Å². The fourth-order valence-electron chi connectivity index (χ4n) is 7.02. The van der Waals surface area contributed by atoms with Crippen LogP contribution in [0.3, 0.4) is 0 Å². The zero-order valence-electron chi connectivity index (χ0n) is 37.0. The van der Waals surface area contributed by atoms with Gasteiger partial charge in [0.05, 0.1) is 0 Å². The summed E-state index contributed by atoms with van der Waals surface area (Å²) in [5.74, 6) is 1.57. The van der Waals surface area contributed by atoms with Crippen LogP contribution >= 0.6 is 0 Å². The maximum Gasteiger partial charge on any atom is 0.306 e. The minimum Gasteiger partial charge on any atom is -0.462 e. The Balaban J connectivity index is 4.32. The fourth-order valence-corrected chi connectivity index (χ4v) is 7.02. The monoisotopic (exact) mass is 765 g/mol. The van der Waals surface area contributed by atoms with Crippen molar-refractivity contribution in [3.8, 4) is 0 Å². The standard InChI is InChI=1S/C48H92O6/c1-7-44(6)36-30-24-20-21-26-32-38-47(50)53-41-45(40-52-46(49)37-31-25-19-15-17-23-29-35-43(4)5)54-48(51)39-33-27-18-14-12-10-8-9-11-13-16-22-28-34-42(2)3/h42-45H,7-41H2,1-6H3/t44?,45-/m1/s1. The molecule has 54 heavy (non-hydrogen) atoms. The lowest BCUT2D eigenvalue weighted by atomic mass is 10.00. The summed E-state index contributed by atoms with van der Waals surface area (Å²) in [4.78, 5) is 37.7. The molecule has 2 atom stereocenters. The van der Waals surface area contributed by atoms with Crippen LogP contribution in [0, 0.1) is 17.8 Å². The second kappa shape index (κ2) is 39.6. The second-order valence-corrected chi connectivity index (χ2v) is 17.6. The molecule has 320 valence electrons. The van der Waals surface area contributed by atoms with E-state index in [0.29, 0.717) is 19.3 Å². The van der Waals surface area contributed by atoms with E-state index in [1.54, 1.807) is 0 Å². The minimum atomic E-state index is -0.762. The molecule has 0 aromatic carbocycles. The molecule has 0 aromatic rings. The third kappa shape index (κ3) is 40.1. The van der Waals surface area contributed by atoms with E-state index >= 15 is 0 Å². The molecule has 0 aliphatic carbocycles. The molecule has 0 aliphatic rings. The van der Waals surface area contributed by atoms with Gasteiger partial charge in [-0.1, -0.05) is 215 Å². The van der Waals surface area contributed by atoms with Gasteiger partial charge in [0, 0.05) is 19.3 Å². The summed E-state index contributed by atoms with van der Waals surface area (Å²) < 4.78 is 16.7. The summed E-state index contributed by atoms with van der Waals surface area (Å²) in [5.41, 5.74) is 0. The minimum absolute atomic E-state index is 0.0670. The Labute approximate surface area is 336 Å². The van der Waals surface area contributed by atoms with Crippen LogP contribution in [0.15, 0.2) is 0 Å². The van der Waals surface area contributed by atoms with E-state index in [0.717, 1.165) is 75.5 Å². The maximum absolute atomic E-state index is 12.7. The number of esters is 3. The van der Waals surface area contributed by atoms with Crippen molar-refractivity contribution in [2.45, 2.75) is 260 Å². The highest BCUT2D eigenvalue weighted by atomic mass is 16.6. The van der Waals surface area contributed by atoms with Gasteiger partial charge in [-0.15, -0.1) is 0 Å². The molecular weight excluding hydrogens is 673 g/mol. The molecule has 0 saturated carbocycles. The highest BCUT2D eigenvalue weighted by molar-refractivity contribution is 5.71. The molecule has 0 saturated heterocycles. The lowest BCUT2D eigenvalue weighted by Gasteiger charge is -2.18. The molecule has 0 aliphatic heterocycles. The van der Waals surface area contributed by atoms with Gasteiger partial charge in [0.1, 0.15) is 13.2 Å². The second-order valence-electron chi connectivity index (χ2n) is 17.6. The molecule has 0 radical (unpaired) electrons. The molecule has 1 unspecified atom stereocenters. The summed E-state index contributed by atoms with van der Waals surface area (Å²) in [6.45, 7) is 13.6. The van der Waals surface area contributed by atoms with Crippen molar-refractivity contribution in [2.75, 3.05) is 13.2 Å². The summed E-state index contributed by atoms with van der Waals surface area (Å²) in [5, 5.41) is 0. The Morgan fingerprint density at radius 1 is 0.370 bits per heavy atom. The number of hydrogen-bond donors (Lipinski definition) is 0. The molecular formula is C48H92O6. The first-order valence-electron chi connectivity index (χ1n) is 23.6. The van der Waals surface area contributed by atoms with Gasteiger partial charge in [0.25, 0.3) is 0 Å². The van der Waals surface area contributed by atoms with Gasteiger partial charge in [-0.05, 0) is 37.0 Å². The predicted molar refractivity (Wildman–Crippen MR) is 229 cm³/mol. The van der Waals surface area contributed by atoms with Gasteiger partial charge in [0.15, 0.2) is 6.10 Å². The van der Waals surface area contributed by atoms with E-state index in [9.17, 15) is 14.4 Å². The lowest BCUT2D eigenvalue weighted by molar-refractivity contribution is -0.167. The first-order chi connectivity index (χ1) is 26.1. The SMILES string of the molecule is CCC(C)CCCCCCCCC(=O)OC[C@@H](COC(=O)CCCCCCCCCC(C)C)OC(=O)CCCCCCCCCCCCCCCC(C)C. The van der Waals surface area contributed by atoms with Crippen LogP contribution in [0.2, 0.25) is 0 Å². The van der Waals surface area contributed by atoms with Gasteiger partial charge < -0.3 is 14.2 Å². The van der Waals surface area contributed by atoms with Crippen molar-refractivity contribution in [3.63, 3.8) is 0 Å². The van der Waals surface area contributed by atoms with E-state index in [4.69, 9.17) is 14.2 Å². The Morgan fingerprint density at radius 3 is 0.963 bits per heavy atom. The number of hydrogen-bond acceptors (Lipinski definition) is 6. The van der Waals surface area contributed by atoms with Gasteiger partial charge in [-0.25, -0.2) is 0 Å². The van der Waals surface area contributed by atoms with Crippen LogP contribution in [-0.2, 0) is 28.6 Å². The third-order valence-electron chi connectivity index (χ3n) is 11.0. The Bertz CT molecular complexity index is 839. The summed E-state index contributed by atoms with van der Waals surface area (Å²) in [6, 6.07) is 0. The smallest absolute Gasteiger partial charge is 0.306 e. The van der Waals surface area contributed by atoms with Crippen LogP contribution < -0.4 is 0 Å². The molecule has 0 bridgehead atoms. The number of rotatable bonds is 41. The summed E-state index contributed by atoms with van der Waals surface area (Å²) in [6.07, 6.45) is 36.7. The molecule has 0 rings (SSSR count). The molecule has 0 amide bonds. The highest BCUT2D eigenvalue weighted by Gasteiger charge is 2.19. The number of carbonyl (C=O) groups is 3. The van der Waals surface area contributed by atoms with Crippen molar-refractivity contribution in [1.29, 1.82) is 0 Å². The normalized spacial score (nSPS) is 12.7. The summed E-state index contributed by atoms with van der Waals surface area (Å²) >= 11 is 0. The first-order valence-corrected chi connectivity index (χ1v) is 23.6. The van der Waals surface area contributed by atoms with Gasteiger partial charge in [-0.3, -0.25) is 14.4 Å². The molecule has 0 heterocycles. The van der Waals surface area contributed by atoms with Crippen LogP contribution in [0.5, 0.6) is 0 Å². The number of ether oxygens (including phenoxy) is 3. The van der Waals surface area contributed by atoms with Crippen molar-refractivity contribution in [2.24, 2.45) is 17.8 Å². The third-order valence-corrected chi connectivity index (χ3v) is 11.0. The Hall–Kier alpha value is -1.59. The average molecular weight is 765 g/mol. The largest absolute Gasteiger partial charge is 0.462 e. The van der Waals surface area contributed by atoms with Crippen LogP contribution in [0.25, 0.3) is 0 Å². The number of carbonyl (C=O) groups excluding carboxylic acids is 3. The molecule has 6 nitrogen and oxygen atoms in total. The lowest BCUT2D eigenvalue weighted by Crippen LogP contribution is -2.30. The van der Waals surface area contributed by atoms with Gasteiger partial charge >= 0.3 is 17.9 Å². The quantitative estimate of drug-likeness (QED) is 0.0350. The Kier molecular flexibility index (Phi) is 38.5. The van der Waals surface area contributed by atoms with Gasteiger partial charge in [-0.2, -0.15) is 0 Å². The Morgan fingerprint density at radius 2 is 0.648 bits per heavy atom. The predicted octanol–water partition coefficient (Wildman–Crippen LogP) is 14.8. The van der Waals surface area contributed by atoms with Crippen molar-refractivity contribution >= 4 is 17.9 Å². The molecule has 0 N–H and O–H groups in total. The summed E-state index contributed by atoms with van der Waals surface area (Å²) in [7, 11) is 0. The van der Waals surface area contributed by atoms with Crippen LogP contribution in [0.1, 0.15) is 253 Å². The van der Waals surface area contributed by atoms with Gasteiger partial charge in [0.2, 0.25) is 0 Å². The van der Waals surface area contributed by atoms with E-state index in [2.05, 4.69) is 41.5 Å². The van der Waals surface area contributed by atoms with E-state index < -0.39 is 6.10 Å². The van der Waals surface area contributed by atoms with E-state index in [-0.39, 0.29) is 31.1 Å². The van der Waals surface area contributed by atoms with Crippen molar-refractivity contribution in [1.82, 2.24) is 0 Å².